The Morgan fingerprint density at radius 3 is 2.26 bits per heavy atom. The average molecular weight is 265 g/mol. The molecular weight excluding hydrogens is 234 g/mol. The largest absolute Gasteiger partial charge is 0.314 e. The molecule has 110 valence electrons. The van der Waals surface area contributed by atoms with Crippen molar-refractivity contribution in [3.63, 3.8) is 0 Å². The summed E-state index contributed by atoms with van der Waals surface area (Å²) in [6.07, 6.45) is 3.22. The van der Waals surface area contributed by atoms with Crippen LogP contribution in [0.1, 0.15) is 58.5 Å². The topological polar surface area (TPSA) is 29.9 Å². The zero-order valence-electron chi connectivity index (χ0n) is 13.6. The molecule has 0 radical (unpaired) electrons. The van der Waals surface area contributed by atoms with Gasteiger partial charge in [0, 0.05) is 18.3 Å². The van der Waals surface area contributed by atoms with Crippen molar-refractivity contribution in [3.05, 3.63) is 17.0 Å². The smallest absolute Gasteiger partial charge is 0.0657 e. The molecule has 1 aromatic heterocycles. The minimum absolute atomic E-state index is 0.556. The van der Waals surface area contributed by atoms with Crippen LogP contribution >= 0.6 is 0 Å². The standard InChI is InChI=1S/C16H31N3/c1-7-15-14(9-10-17-13(5)6)16(8-2)19(18-15)11-12(3)4/h12-13,17H,7-11H2,1-6H3. The normalized spacial score (nSPS) is 11.8. The lowest BCUT2D eigenvalue weighted by Gasteiger charge is -2.11. The van der Waals surface area contributed by atoms with Gasteiger partial charge in [-0.3, -0.25) is 4.68 Å². The molecule has 0 unspecified atom stereocenters. The lowest BCUT2D eigenvalue weighted by molar-refractivity contribution is 0.466. The molecule has 0 bridgehead atoms. The van der Waals surface area contributed by atoms with Gasteiger partial charge in [-0.05, 0) is 37.3 Å². The Hall–Kier alpha value is -0.830. The summed E-state index contributed by atoms with van der Waals surface area (Å²) in [5.41, 5.74) is 4.22. The Kier molecular flexibility index (Phi) is 6.56. The van der Waals surface area contributed by atoms with Crippen LogP contribution < -0.4 is 5.32 Å². The van der Waals surface area contributed by atoms with Gasteiger partial charge in [0.1, 0.15) is 0 Å². The van der Waals surface area contributed by atoms with Gasteiger partial charge in [-0.25, -0.2) is 0 Å². The van der Waals surface area contributed by atoms with Crippen LogP contribution in [0.3, 0.4) is 0 Å². The van der Waals surface area contributed by atoms with E-state index in [9.17, 15) is 0 Å². The van der Waals surface area contributed by atoms with E-state index in [0.29, 0.717) is 12.0 Å². The van der Waals surface area contributed by atoms with Crippen molar-refractivity contribution in [2.45, 2.75) is 73.4 Å². The van der Waals surface area contributed by atoms with Gasteiger partial charge in [0.25, 0.3) is 0 Å². The minimum atomic E-state index is 0.556. The summed E-state index contributed by atoms with van der Waals surface area (Å²) in [5, 5.41) is 8.34. The molecule has 0 atom stereocenters. The van der Waals surface area contributed by atoms with E-state index >= 15 is 0 Å². The average Bonchev–Trinajstić information content (AvgIpc) is 2.65. The number of nitrogens with zero attached hydrogens (tertiary/aromatic N) is 2. The molecule has 19 heavy (non-hydrogen) atoms. The van der Waals surface area contributed by atoms with Crippen LogP contribution in [-0.2, 0) is 25.8 Å². The predicted molar refractivity (Wildman–Crippen MR) is 82.7 cm³/mol. The number of hydrogen-bond donors (Lipinski definition) is 1. The predicted octanol–water partition coefficient (Wildman–Crippen LogP) is 3.20. The highest BCUT2D eigenvalue weighted by Gasteiger charge is 2.15. The molecule has 0 aliphatic heterocycles. The fraction of sp³-hybridized carbons (Fsp3) is 0.812. The second-order valence-electron chi connectivity index (χ2n) is 6.01. The van der Waals surface area contributed by atoms with E-state index in [1.165, 1.54) is 17.0 Å². The first-order chi connectivity index (χ1) is 8.99. The lowest BCUT2D eigenvalue weighted by Crippen LogP contribution is -2.25. The fourth-order valence-corrected chi connectivity index (χ4v) is 2.54. The highest BCUT2D eigenvalue weighted by Crippen LogP contribution is 2.18. The Bertz CT molecular complexity index is 378. The van der Waals surface area contributed by atoms with Crippen LogP contribution in [0.15, 0.2) is 0 Å². The molecule has 1 N–H and O–H groups in total. The van der Waals surface area contributed by atoms with E-state index in [-0.39, 0.29) is 0 Å². The molecule has 1 heterocycles. The van der Waals surface area contributed by atoms with Gasteiger partial charge in [-0.15, -0.1) is 0 Å². The van der Waals surface area contributed by atoms with Crippen molar-refractivity contribution in [1.29, 1.82) is 0 Å². The second kappa shape index (κ2) is 7.68. The van der Waals surface area contributed by atoms with Gasteiger partial charge in [0.2, 0.25) is 0 Å². The maximum absolute atomic E-state index is 4.83. The maximum atomic E-state index is 4.83. The zero-order chi connectivity index (χ0) is 14.4. The third kappa shape index (κ3) is 4.64. The van der Waals surface area contributed by atoms with Gasteiger partial charge in [-0.2, -0.15) is 5.10 Å². The van der Waals surface area contributed by atoms with Crippen LogP contribution in [-0.4, -0.2) is 22.4 Å². The Balaban J connectivity index is 2.89. The van der Waals surface area contributed by atoms with E-state index in [2.05, 4.69) is 51.5 Å². The highest BCUT2D eigenvalue weighted by atomic mass is 15.3. The summed E-state index contributed by atoms with van der Waals surface area (Å²) in [6.45, 7) is 15.4. The van der Waals surface area contributed by atoms with Crippen molar-refractivity contribution in [3.8, 4) is 0 Å². The van der Waals surface area contributed by atoms with E-state index in [1.807, 2.05) is 0 Å². The summed E-state index contributed by atoms with van der Waals surface area (Å²) in [4.78, 5) is 0. The summed E-state index contributed by atoms with van der Waals surface area (Å²) < 4.78 is 2.24. The summed E-state index contributed by atoms with van der Waals surface area (Å²) in [5.74, 6) is 0.650. The van der Waals surface area contributed by atoms with Crippen molar-refractivity contribution in [2.75, 3.05) is 6.54 Å². The summed E-state index contributed by atoms with van der Waals surface area (Å²) in [6, 6.07) is 0.556. The van der Waals surface area contributed by atoms with E-state index in [1.54, 1.807) is 0 Å². The maximum Gasteiger partial charge on any atom is 0.0657 e. The summed E-state index contributed by atoms with van der Waals surface area (Å²) in [7, 11) is 0. The molecule has 3 nitrogen and oxygen atoms in total. The molecule has 1 aromatic rings. The van der Waals surface area contributed by atoms with Crippen LogP contribution in [0.2, 0.25) is 0 Å². The van der Waals surface area contributed by atoms with Crippen molar-refractivity contribution in [1.82, 2.24) is 15.1 Å². The quantitative estimate of drug-likeness (QED) is 0.782. The molecule has 1 rings (SSSR count). The van der Waals surface area contributed by atoms with Gasteiger partial charge in [-0.1, -0.05) is 41.5 Å². The van der Waals surface area contributed by atoms with Gasteiger partial charge < -0.3 is 5.32 Å². The van der Waals surface area contributed by atoms with Crippen molar-refractivity contribution >= 4 is 0 Å². The van der Waals surface area contributed by atoms with Crippen LogP contribution in [0.4, 0.5) is 0 Å². The number of aromatic nitrogens is 2. The van der Waals surface area contributed by atoms with Crippen molar-refractivity contribution < 1.29 is 0 Å². The molecule has 0 aliphatic rings. The van der Waals surface area contributed by atoms with E-state index in [0.717, 1.165) is 32.4 Å². The summed E-state index contributed by atoms with van der Waals surface area (Å²) >= 11 is 0. The Labute approximate surface area is 118 Å². The van der Waals surface area contributed by atoms with E-state index in [4.69, 9.17) is 5.10 Å². The number of hydrogen-bond acceptors (Lipinski definition) is 2. The van der Waals surface area contributed by atoms with Gasteiger partial charge in [0.15, 0.2) is 0 Å². The zero-order valence-corrected chi connectivity index (χ0v) is 13.6. The van der Waals surface area contributed by atoms with Crippen LogP contribution in [0, 0.1) is 5.92 Å². The molecule has 0 fully saturated rings. The second-order valence-corrected chi connectivity index (χ2v) is 6.01. The van der Waals surface area contributed by atoms with Gasteiger partial charge >= 0.3 is 0 Å². The van der Waals surface area contributed by atoms with E-state index < -0.39 is 0 Å². The molecule has 3 heteroatoms. The van der Waals surface area contributed by atoms with Crippen LogP contribution in [0.5, 0.6) is 0 Å². The fourth-order valence-electron chi connectivity index (χ4n) is 2.54. The first-order valence-electron chi connectivity index (χ1n) is 7.80. The number of rotatable bonds is 8. The highest BCUT2D eigenvalue weighted by molar-refractivity contribution is 5.27. The molecule has 0 aliphatic carbocycles. The Morgan fingerprint density at radius 1 is 1.11 bits per heavy atom. The number of nitrogens with one attached hydrogen (secondary N) is 1. The van der Waals surface area contributed by atoms with Crippen molar-refractivity contribution in [2.24, 2.45) is 5.92 Å². The molecule has 0 spiro atoms. The molecular formula is C16H31N3. The third-order valence-electron chi connectivity index (χ3n) is 3.39. The first-order valence-corrected chi connectivity index (χ1v) is 7.80. The molecule has 0 aromatic carbocycles. The molecule has 0 saturated carbocycles. The molecule has 0 saturated heterocycles. The monoisotopic (exact) mass is 265 g/mol. The molecule has 0 amide bonds. The van der Waals surface area contributed by atoms with Gasteiger partial charge in [0.05, 0.1) is 5.69 Å². The third-order valence-corrected chi connectivity index (χ3v) is 3.39. The Morgan fingerprint density at radius 2 is 1.79 bits per heavy atom. The SMILES string of the molecule is CCc1nn(CC(C)C)c(CC)c1CCNC(C)C. The van der Waals surface area contributed by atoms with Crippen LogP contribution in [0.25, 0.3) is 0 Å². The lowest BCUT2D eigenvalue weighted by atomic mass is 10.1. The minimum Gasteiger partial charge on any atom is -0.314 e. The number of aryl methyl sites for hydroxylation is 1. The first kappa shape index (κ1) is 16.2.